The van der Waals surface area contributed by atoms with Gasteiger partial charge in [0.2, 0.25) is 5.88 Å². The Kier molecular flexibility index (Phi) is 7.30. The number of pyridine rings is 1. The molecule has 1 aliphatic rings. The third-order valence-electron chi connectivity index (χ3n) is 5.04. The van der Waals surface area contributed by atoms with Crippen molar-refractivity contribution in [2.45, 2.75) is 58.0 Å². The van der Waals surface area contributed by atoms with Gasteiger partial charge in [-0.15, -0.1) is 0 Å². The summed E-state index contributed by atoms with van der Waals surface area (Å²) in [7, 11) is 0. The van der Waals surface area contributed by atoms with E-state index in [0.29, 0.717) is 5.75 Å². The standard InChI is InChI=1S/C23H29F3N2O3/c1-4-10-22(2,3)31-21-14-18(30-15-17-8-6-5-7-9-17)13-20(27-21)28-11-12-29-16-19(28)23(24,25)26/h5-9,13-14,19H,4,10-12,15-16H2,1-3H3. The SMILES string of the molecule is CCCC(C)(C)Oc1cc(OCc2ccccc2)cc(N2CCOCC2C(F)(F)F)n1. The second-order valence-corrected chi connectivity index (χ2v) is 8.21. The number of rotatable bonds is 8. The van der Waals surface area contributed by atoms with Crippen LogP contribution >= 0.6 is 0 Å². The van der Waals surface area contributed by atoms with Crippen LogP contribution < -0.4 is 14.4 Å². The molecule has 8 heteroatoms. The first-order chi connectivity index (χ1) is 14.7. The third kappa shape index (κ3) is 6.50. The van der Waals surface area contributed by atoms with Gasteiger partial charge in [0.1, 0.15) is 29.8 Å². The molecule has 1 unspecified atom stereocenters. The van der Waals surface area contributed by atoms with Gasteiger partial charge in [-0.05, 0) is 25.8 Å². The van der Waals surface area contributed by atoms with Gasteiger partial charge in [0, 0.05) is 18.7 Å². The fourth-order valence-corrected chi connectivity index (χ4v) is 3.58. The Morgan fingerprint density at radius 1 is 1.16 bits per heavy atom. The average molecular weight is 438 g/mol. The first-order valence-electron chi connectivity index (χ1n) is 10.5. The zero-order valence-corrected chi connectivity index (χ0v) is 18.1. The fourth-order valence-electron chi connectivity index (χ4n) is 3.58. The summed E-state index contributed by atoms with van der Waals surface area (Å²) in [5.41, 5.74) is 0.445. The van der Waals surface area contributed by atoms with E-state index in [-0.39, 0.29) is 31.5 Å². The van der Waals surface area contributed by atoms with E-state index in [1.165, 1.54) is 11.0 Å². The van der Waals surface area contributed by atoms with Gasteiger partial charge in [-0.25, -0.2) is 0 Å². The predicted octanol–water partition coefficient (Wildman–Crippen LogP) is 5.39. The van der Waals surface area contributed by atoms with Gasteiger partial charge in [0.25, 0.3) is 0 Å². The molecule has 1 fully saturated rings. The number of benzene rings is 1. The Labute approximate surface area is 181 Å². The Hall–Kier alpha value is -2.48. The molecule has 0 bridgehead atoms. The van der Waals surface area contributed by atoms with Gasteiger partial charge < -0.3 is 19.1 Å². The van der Waals surface area contributed by atoms with E-state index < -0.39 is 24.4 Å². The molecule has 0 amide bonds. The largest absolute Gasteiger partial charge is 0.489 e. The highest BCUT2D eigenvalue weighted by Crippen LogP contribution is 2.34. The minimum Gasteiger partial charge on any atom is -0.489 e. The normalized spacial score (nSPS) is 17.5. The molecule has 31 heavy (non-hydrogen) atoms. The van der Waals surface area contributed by atoms with Gasteiger partial charge in [0.15, 0.2) is 0 Å². The van der Waals surface area contributed by atoms with Crippen molar-refractivity contribution in [1.29, 1.82) is 0 Å². The van der Waals surface area contributed by atoms with Gasteiger partial charge in [-0.2, -0.15) is 18.2 Å². The van der Waals surface area contributed by atoms with E-state index in [1.807, 2.05) is 51.1 Å². The van der Waals surface area contributed by atoms with Crippen molar-refractivity contribution in [3.8, 4) is 11.6 Å². The Morgan fingerprint density at radius 3 is 2.58 bits per heavy atom. The Balaban J connectivity index is 1.91. The van der Waals surface area contributed by atoms with Crippen LogP contribution in [0.1, 0.15) is 39.2 Å². The Bertz CT molecular complexity index is 844. The molecule has 0 saturated carbocycles. The van der Waals surface area contributed by atoms with Crippen LogP contribution in [0.25, 0.3) is 0 Å². The van der Waals surface area contributed by atoms with E-state index in [2.05, 4.69) is 4.98 Å². The predicted molar refractivity (Wildman–Crippen MR) is 113 cm³/mol. The lowest BCUT2D eigenvalue weighted by Gasteiger charge is -2.37. The number of ether oxygens (including phenoxy) is 3. The monoisotopic (exact) mass is 438 g/mol. The molecule has 2 heterocycles. The van der Waals surface area contributed by atoms with Crippen molar-refractivity contribution >= 4 is 5.82 Å². The molecule has 170 valence electrons. The molecule has 1 atom stereocenters. The molecule has 3 rings (SSSR count). The molecule has 5 nitrogen and oxygen atoms in total. The molecule has 2 aromatic rings. The summed E-state index contributed by atoms with van der Waals surface area (Å²) in [6.45, 7) is 6.04. The van der Waals surface area contributed by atoms with Gasteiger partial charge >= 0.3 is 6.18 Å². The number of hydrogen-bond acceptors (Lipinski definition) is 5. The van der Waals surface area contributed by atoms with Crippen molar-refractivity contribution in [3.63, 3.8) is 0 Å². The van der Waals surface area contributed by atoms with Crippen molar-refractivity contribution in [3.05, 3.63) is 48.0 Å². The van der Waals surface area contributed by atoms with Crippen LogP contribution in [0, 0.1) is 0 Å². The minimum absolute atomic E-state index is 0.0805. The minimum atomic E-state index is -4.44. The molecule has 0 N–H and O–H groups in total. The summed E-state index contributed by atoms with van der Waals surface area (Å²) in [4.78, 5) is 5.63. The van der Waals surface area contributed by atoms with Crippen molar-refractivity contribution in [2.24, 2.45) is 0 Å². The van der Waals surface area contributed by atoms with E-state index in [1.54, 1.807) is 6.07 Å². The summed E-state index contributed by atoms with van der Waals surface area (Å²) in [5, 5.41) is 0. The smallest absolute Gasteiger partial charge is 0.411 e. The fraction of sp³-hybridized carbons (Fsp3) is 0.522. The number of halogens is 3. The first-order valence-corrected chi connectivity index (χ1v) is 10.5. The van der Waals surface area contributed by atoms with E-state index in [9.17, 15) is 13.2 Å². The van der Waals surface area contributed by atoms with Crippen LogP contribution in [-0.4, -0.2) is 42.6 Å². The number of hydrogen-bond donors (Lipinski definition) is 0. The second kappa shape index (κ2) is 9.77. The van der Waals surface area contributed by atoms with Crippen molar-refractivity contribution < 1.29 is 27.4 Å². The first kappa shape index (κ1) is 23.2. The van der Waals surface area contributed by atoms with Crippen LogP contribution in [0.2, 0.25) is 0 Å². The van der Waals surface area contributed by atoms with Gasteiger partial charge in [0.05, 0.1) is 13.2 Å². The van der Waals surface area contributed by atoms with E-state index in [4.69, 9.17) is 14.2 Å². The van der Waals surface area contributed by atoms with Crippen LogP contribution in [0.4, 0.5) is 19.0 Å². The average Bonchev–Trinajstić information content (AvgIpc) is 2.72. The zero-order valence-electron chi connectivity index (χ0n) is 18.1. The zero-order chi connectivity index (χ0) is 22.5. The molecule has 1 aromatic heterocycles. The van der Waals surface area contributed by atoms with Crippen LogP contribution in [0.5, 0.6) is 11.6 Å². The second-order valence-electron chi connectivity index (χ2n) is 8.21. The summed E-state index contributed by atoms with van der Waals surface area (Å²) < 4.78 is 57.9. The van der Waals surface area contributed by atoms with Crippen molar-refractivity contribution in [1.82, 2.24) is 4.98 Å². The third-order valence-corrected chi connectivity index (χ3v) is 5.04. The molecule has 0 aliphatic carbocycles. The summed E-state index contributed by atoms with van der Waals surface area (Å²) >= 11 is 0. The molecule has 1 saturated heterocycles. The number of alkyl halides is 3. The van der Waals surface area contributed by atoms with E-state index >= 15 is 0 Å². The maximum Gasteiger partial charge on any atom is 0.411 e. The molecule has 0 radical (unpaired) electrons. The number of morpholine rings is 1. The molecular formula is C23H29F3N2O3. The van der Waals surface area contributed by atoms with E-state index in [0.717, 1.165) is 18.4 Å². The molecular weight excluding hydrogens is 409 g/mol. The highest BCUT2D eigenvalue weighted by Gasteiger charge is 2.46. The van der Waals surface area contributed by atoms with Gasteiger partial charge in [-0.1, -0.05) is 43.7 Å². The van der Waals surface area contributed by atoms with Crippen LogP contribution in [0.15, 0.2) is 42.5 Å². The highest BCUT2D eigenvalue weighted by molar-refractivity contribution is 5.49. The lowest BCUT2D eigenvalue weighted by Crippen LogP contribution is -2.54. The number of anilines is 1. The summed E-state index contributed by atoms with van der Waals surface area (Å²) in [6.07, 6.45) is -2.75. The number of nitrogens with zero attached hydrogens (tertiary/aromatic N) is 2. The molecule has 1 aliphatic heterocycles. The maximum absolute atomic E-state index is 13.6. The lowest BCUT2D eigenvalue weighted by molar-refractivity contribution is -0.167. The highest BCUT2D eigenvalue weighted by atomic mass is 19.4. The summed E-state index contributed by atoms with van der Waals surface area (Å²) in [6, 6.07) is 11.0. The quantitative estimate of drug-likeness (QED) is 0.553. The van der Waals surface area contributed by atoms with Crippen LogP contribution in [0.3, 0.4) is 0 Å². The topological polar surface area (TPSA) is 43.8 Å². The lowest BCUT2D eigenvalue weighted by atomic mass is 10.0. The van der Waals surface area contributed by atoms with Crippen molar-refractivity contribution in [2.75, 3.05) is 24.7 Å². The molecule has 0 spiro atoms. The maximum atomic E-state index is 13.6. The molecule has 1 aromatic carbocycles. The Morgan fingerprint density at radius 2 is 1.90 bits per heavy atom. The number of aromatic nitrogens is 1. The van der Waals surface area contributed by atoms with Crippen LogP contribution in [-0.2, 0) is 11.3 Å². The summed E-state index contributed by atoms with van der Waals surface area (Å²) in [5.74, 6) is 0.813. The van der Waals surface area contributed by atoms with Gasteiger partial charge in [-0.3, -0.25) is 0 Å².